The number of rotatable bonds is 3. The molecule has 0 radical (unpaired) electrons. The van der Waals surface area contributed by atoms with Crippen molar-refractivity contribution in [3.63, 3.8) is 0 Å². The molecule has 0 saturated carbocycles. The van der Waals surface area contributed by atoms with Crippen molar-refractivity contribution < 1.29 is 13.9 Å². The third kappa shape index (κ3) is 3.36. The van der Waals surface area contributed by atoms with Gasteiger partial charge in [0, 0.05) is 38.3 Å². The molecule has 0 spiro atoms. The van der Waals surface area contributed by atoms with E-state index in [0.29, 0.717) is 38.3 Å². The first-order valence-electron chi connectivity index (χ1n) is 7.99. The molecule has 1 amide bonds. The van der Waals surface area contributed by atoms with Gasteiger partial charge in [0.15, 0.2) is 0 Å². The summed E-state index contributed by atoms with van der Waals surface area (Å²) in [6, 6.07) is 7.94. The fourth-order valence-electron chi connectivity index (χ4n) is 3.22. The van der Waals surface area contributed by atoms with Crippen molar-refractivity contribution in [2.45, 2.75) is 25.0 Å². The van der Waals surface area contributed by atoms with Gasteiger partial charge in [0.25, 0.3) is 5.91 Å². The van der Waals surface area contributed by atoms with Crippen molar-refractivity contribution in [1.29, 1.82) is 5.26 Å². The number of benzene rings is 1. The summed E-state index contributed by atoms with van der Waals surface area (Å²) in [5.41, 5.74) is 0.397. The van der Waals surface area contributed by atoms with E-state index in [1.54, 1.807) is 23.1 Å². The Morgan fingerprint density at radius 3 is 2.65 bits per heavy atom. The smallest absolute Gasteiger partial charge is 0.251 e. The molecule has 2 aliphatic heterocycles. The van der Waals surface area contributed by atoms with E-state index in [1.807, 2.05) is 4.90 Å². The average molecular weight is 317 g/mol. The van der Waals surface area contributed by atoms with Crippen LogP contribution in [-0.2, 0) is 9.53 Å². The van der Waals surface area contributed by atoms with Gasteiger partial charge in [-0.1, -0.05) is 18.2 Å². The molecule has 1 aromatic carbocycles. The summed E-state index contributed by atoms with van der Waals surface area (Å²) in [4.78, 5) is 16.1. The Bertz CT molecular complexity index is 602. The Balaban J connectivity index is 1.62. The quantitative estimate of drug-likeness (QED) is 0.852. The van der Waals surface area contributed by atoms with E-state index in [2.05, 4.69) is 6.07 Å². The maximum absolute atomic E-state index is 13.9. The van der Waals surface area contributed by atoms with E-state index in [4.69, 9.17) is 4.74 Å². The third-order valence-corrected chi connectivity index (χ3v) is 4.52. The van der Waals surface area contributed by atoms with Crippen LogP contribution in [0, 0.1) is 17.1 Å². The zero-order valence-corrected chi connectivity index (χ0v) is 12.9. The van der Waals surface area contributed by atoms with Crippen molar-refractivity contribution in [1.82, 2.24) is 9.80 Å². The zero-order valence-electron chi connectivity index (χ0n) is 12.9. The maximum atomic E-state index is 13.9. The van der Waals surface area contributed by atoms with Crippen molar-refractivity contribution >= 4 is 5.91 Å². The molecule has 0 aromatic heterocycles. The van der Waals surface area contributed by atoms with Gasteiger partial charge in [0.2, 0.25) is 0 Å². The van der Waals surface area contributed by atoms with E-state index in [0.717, 1.165) is 12.8 Å². The SMILES string of the molecule is N#CC(c1ccccc1F)N1CCN(C(=O)C2CCCO2)CC1. The lowest BCUT2D eigenvalue weighted by Crippen LogP contribution is -2.52. The van der Waals surface area contributed by atoms with Crippen molar-refractivity contribution in [3.05, 3.63) is 35.6 Å². The maximum Gasteiger partial charge on any atom is 0.251 e. The summed E-state index contributed by atoms with van der Waals surface area (Å²) < 4.78 is 19.4. The van der Waals surface area contributed by atoms with Gasteiger partial charge in [0.05, 0.1) is 6.07 Å². The number of hydrogen-bond acceptors (Lipinski definition) is 4. The lowest BCUT2D eigenvalue weighted by molar-refractivity contribution is -0.142. The Kier molecular flexibility index (Phi) is 4.89. The van der Waals surface area contributed by atoms with Crippen LogP contribution in [-0.4, -0.2) is 54.6 Å². The molecule has 2 fully saturated rings. The Hall–Kier alpha value is -1.97. The summed E-state index contributed by atoms with van der Waals surface area (Å²) in [5.74, 6) is -0.321. The van der Waals surface area contributed by atoms with E-state index in [-0.39, 0.29) is 17.8 Å². The molecule has 122 valence electrons. The van der Waals surface area contributed by atoms with Gasteiger partial charge in [-0.3, -0.25) is 9.69 Å². The van der Waals surface area contributed by atoms with Crippen LogP contribution in [0.2, 0.25) is 0 Å². The third-order valence-electron chi connectivity index (χ3n) is 4.52. The number of carbonyl (C=O) groups is 1. The highest BCUT2D eigenvalue weighted by Crippen LogP contribution is 2.24. The number of piperazine rings is 1. The molecule has 0 N–H and O–H groups in total. The van der Waals surface area contributed by atoms with Crippen LogP contribution >= 0.6 is 0 Å². The second-order valence-electron chi connectivity index (χ2n) is 5.92. The van der Waals surface area contributed by atoms with Crippen LogP contribution in [0.5, 0.6) is 0 Å². The van der Waals surface area contributed by atoms with Gasteiger partial charge >= 0.3 is 0 Å². The predicted octanol–water partition coefficient (Wildman–Crippen LogP) is 1.71. The predicted molar refractivity (Wildman–Crippen MR) is 81.9 cm³/mol. The van der Waals surface area contributed by atoms with Gasteiger partial charge in [-0.15, -0.1) is 0 Å². The van der Waals surface area contributed by atoms with Crippen molar-refractivity contribution in [2.24, 2.45) is 0 Å². The molecular weight excluding hydrogens is 297 g/mol. The summed E-state index contributed by atoms with van der Waals surface area (Å²) in [6.45, 7) is 2.87. The minimum absolute atomic E-state index is 0.0431. The molecule has 23 heavy (non-hydrogen) atoms. The topological polar surface area (TPSA) is 56.6 Å². The standard InChI is InChI=1S/C17H20FN3O2/c18-14-5-2-1-4-13(14)15(12-19)20-7-9-21(10-8-20)17(22)16-6-3-11-23-16/h1-2,4-5,15-16H,3,6-11H2. The molecule has 5 nitrogen and oxygen atoms in total. The lowest BCUT2D eigenvalue weighted by atomic mass is 10.0. The molecule has 2 heterocycles. The van der Waals surface area contributed by atoms with Crippen molar-refractivity contribution in [2.75, 3.05) is 32.8 Å². The first kappa shape index (κ1) is 15.9. The average Bonchev–Trinajstić information content (AvgIpc) is 3.12. The normalized spacial score (nSPS) is 23.5. The van der Waals surface area contributed by atoms with Crippen LogP contribution in [0.3, 0.4) is 0 Å². The monoisotopic (exact) mass is 317 g/mol. The molecular formula is C17H20FN3O2. The molecule has 3 rings (SSSR count). The Labute approximate surface area is 135 Å². The minimum Gasteiger partial charge on any atom is -0.368 e. The van der Waals surface area contributed by atoms with Gasteiger partial charge < -0.3 is 9.64 Å². The second kappa shape index (κ2) is 7.07. The fourth-order valence-corrected chi connectivity index (χ4v) is 3.22. The largest absolute Gasteiger partial charge is 0.368 e. The molecule has 0 aliphatic carbocycles. The molecule has 6 heteroatoms. The van der Waals surface area contributed by atoms with E-state index in [1.165, 1.54) is 6.07 Å². The van der Waals surface area contributed by atoms with Crippen LogP contribution in [0.25, 0.3) is 0 Å². The number of nitrogens with zero attached hydrogens (tertiary/aromatic N) is 3. The number of amides is 1. The van der Waals surface area contributed by atoms with Gasteiger partial charge in [-0.25, -0.2) is 4.39 Å². The number of ether oxygens (including phenoxy) is 1. The van der Waals surface area contributed by atoms with Crippen LogP contribution in [0.4, 0.5) is 4.39 Å². The second-order valence-corrected chi connectivity index (χ2v) is 5.92. The first-order valence-corrected chi connectivity index (χ1v) is 7.99. The number of nitriles is 1. The molecule has 2 unspecified atom stereocenters. The number of halogens is 1. The highest BCUT2D eigenvalue weighted by molar-refractivity contribution is 5.81. The van der Waals surface area contributed by atoms with Gasteiger partial charge in [-0.05, 0) is 18.9 Å². The Morgan fingerprint density at radius 1 is 1.30 bits per heavy atom. The van der Waals surface area contributed by atoms with Gasteiger partial charge in [0.1, 0.15) is 18.0 Å². The fraction of sp³-hybridized carbons (Fsp3) is 0.529. The highest BCUT2D eigenvalue weighted by Gasteiger charge is 2.32. The van der Waals surface area contributed by atoms with Crippen LogP contribution in [0.15, 0.2) is 24.3 Å². The molecule has 2 saturated heterocycles. The first-order chi connectivity index (χ1) is 11.2. The highest BCUT2D eigenvalue weighted by atomic mass is 19.1. The minimum atomic E-state index is -0.615. The summed E-state index contributed by atoms with van der Waals surface area (Å²) in [6.07, 6.45) is 1.41. The summed E-state index contributed by atoms with van der Waals surface area (Å²) in [7, 11) is 0. The van der Waals surface area contributed by atoms with E-state index >= 15 is 0 Å². The zero-order chi connectivity index (χ0) is 16.2. The summed E-state index contributed by atoms with van der Waals surface area (Å²) in [5, 5.41) is 9.44. The van der Waals surface area contributed by atoms with Gasteiger partial charge in [-0.2, -0.15) is 5.26 Å². The molecule has 1 aromatic rings. The molecule has 2 aliphatic rings. The number of hydrogen-bond donors (Lipinski definition) is 0. The molecule has 0 bridgehead atoms. The number of carbonyl (C=O) groups excluding carboxylic acids is 1. The van der Waals surface area contributed by atoms with E-state index in [9.17, 15) is 14.4 Å². The van der Waals surface area contributed by atoms with Crippen LogP contribution < -0.4 is 0 Å². The van der Waals surface area contributed by atoms with Crippen LogP contribution in [0.1, 0.15) is 24.4 Å². The molecule has 2 atom stereocenters. The summed E-state index contributed by atoms with van der Waals surface area (Å²) >= 11 is 0. The Morgan fingerprint density at radius 2 is 2.04 bits per heavy atom. The van der Waals surface area contributed by atoms with Crippen molar-refractivity contribution in [3.8, 4) is 6.07 Å². The van der Waals surface area contributed by atoms with E-state index < -0.39 is 6.04 Å². The lowest BCUT2D eigenvalue weighted by Gasteiger charge is -2.37.